The van der Waals surface area contributed by atoms with E-state index in [-0.39, 0.29) is 18.3 Å². The predicted molar refractivity (Wildman–Crippen MR) is 95.6 cm³/mol. The molecule has 1 aliphatic carbocycles. The molecule has 0 bridgehead atoms. The first-order valence-corrected chi connectivity index (χ1v) is 8.35. The molecule has 0 atom stereocenters. The van der Waals surface area contributed by atoms with Gasteiger partial charge in [-0.3, -0.25) is 9.79 Å². The fraction of sp³-hybridized carbons (Fsp3) is 0.444. The Kier molecular flexibility index (Phi) is 7.26. The van der Waals surface area contributed by atoms with Crippen molar-refractivity contribution in [2.45, 2.75) is 32.1 Å². The number of aliphatic imine (C=N–C) groups is 1. The SMILES string of the molecule is CN=C(NCCC1=CCCCC1)NCC(=O)Nc1cccc(F)c1. The number of hydrogen-bond acceptors (Lipinski definition) is 2. The number of nitrogens with one attached hydrogen (secondary N) is 3. The highest BCUT2D eigenvalue weighted by atomic mass is 19.1. The minimum absolute atomic E-state index is 0.0683. The number of benzene rings is 1. The largest absolute Gasteiger partial charge is 0.356 e. The fourth-order valence-corrected chi connectivity index (χ4v) is 2.63. The van der Waals surface area contributed by atoms with Crippen LogP contribution in [0.2, 0.25) is 0 Å². The normalized spacial score (nSPS) is 14.8. The third kappa shape index (κ3) is 6.40. The van der Waals surface area contributed by atoms with Gasteiger partial charge in [0, 0.05) is 19.3 Å². The molecule has 0 radical (unpaired) electrons. The summed E-state index contributed by atoms with van der Waals surface area (Å²) < 4.78 is 13.1. The number of rotatable bonds is 6. The first-order valence-electron chi connectivity index (χ1n) is 8.35. The molecule has 1 aromatic carbocycles. The van der Waals surface area contributed by atoms with Crippen LogP contribution in [0.4, 0.5) is 10.1 Å². The van der Waals surface area contributed by atoms with Gasteiger partial charge in [-0.15, -0.1) is 0 Å². The Morgan fingerprint density at radius 3 is 2.88 bits per heavy atom. The molecule has 5 nitrogen and oxygen atoms in total. The third-order valence-corrected chi connectivity index (χ3v) is 3.87. The summed E-state index contributed by atoms with van der Waals surface area (Å²) in [5.41, 5.74) is 1.93. The maximum absolute atomic E-state index is 13.1. The molecule has 1 amide bonds. The van der Waals surface area contributed by atoms with Crippen molar-refractivity contribution >= 4 is 17.6 Å². The van der Waals surface area contributed by atoms with Crippen LogP contribution < -0.4 is 16.0 Å². The smallest absolute Gasteiger partial charge is 0.243 e. The van der Waals surface area contributed by atoms with Crippen molar-refractivity contribution in [3.63, 3.8) is 0 Å². The number of hydrogen-bond donors (Lipinski definition) is 3. The van der Waals surface area contributed by atoms with Crippen molar-refractivity contribution in [1.29, 1.82) is 0 Å². The second-order valence-electron chi connectivity index (χ2n) is 5.77. The van der Waals surface area contributed by atoms with Crippen molar-refractivity contribution in [2.75, 3.05) is 25.5 Å². The Bertz CT molecular complexity index is 613. The van der Waals surface area contributed by atoms with Crippen LogP contribution in [0.5, 0.6) is 0 Å². The van der Waals surface area contributed by atoms with E-state index in [2.05, 4.69) is 27.0 Å². The summed E-state index contributed by atoms with van der Waals surface area (Å²) in [4.78, 5) is 16.0. The molecule has 0 unspecified atom stereocenters. The lowest BCUT2D eigenvalue weighted by Gasteiger charge is -2.15. The van der Waals surface area contributed by atoms with Gasteiger partial charge < -0.3 is 16.0 Å². The van der Waals surface area contributed by atoms with E-state index in [4.69, 9.17) is 0 Å². The number of halogens is 1. The molecule has 3 N–H and O–H groups in total. The number of carbonyl (C=O) groups excluding carboxylic acids is 1. The van der Waals surface area contributed by atoms with E-state index in [0.29, 0.717) is 11.6 Å². The second kappa shape index (κ2) is 9.70. The van der Waals surface area contributed by atoms with Crippen LogP contribution in [0, 0.1) is 5.82 Å². The van der Waals surface area contributed by atoms with Crippen LogP contribution in [-0.4, -0.2) is 32.0 Å². The lowest BCUT2D eigenvalue weighted by atomic mass is 9.97. The van der Waals surface area contributed by atoms with Crippen molar-refractivity contribution < 1.29 is 9.18 Å². The summed E-state index contributed by atoms with van der Waals surface area (Å²) in [5, 5.41) is 8.80. The van der Waals surface area contributed by atoms with E-state index < -0.39 is 0 Å². The van der Waals surface area contributed by atoms with Crippen molar-refractivity contribution in [3.05, 3.63) is 41.7 Å². The first-order chi connectivity index (χ1) is 11.7. The number of carbonyl (C=O) groups is 1. The van der Waals surface area contributed by atoms with Crippen LogP contribution in [0.3, 0.4) is 0 Å². The van der Waals surface area contributed by atoms with E-state index in [1.54, 1.807) is 19.2 Å². The summed E-state index contributed by atoms with van der Waals surface area (Å²) in [6, 6.07) is 5.81. The summed E-state index contributed by atoms with van der Waals surface area (Å²) >= 11 is 0. The zero-order valence-corrected chi connectivity index (χ0v) is 14.1. The second-order valence-corrected chi connectivity index (χ2v) is 5.77. The number of anilines is 1. The Hall–Kier alpha value is -2.37. The topological polar surface area (TPSA) is 65.5 Å². The van der Waals surface area contributed by atoms with Gasteiger partial charge in [0.1, 0.15) is 5.82 Å². The zero-order chi connectivity index (χ0) is 17.2. The van der Waals surface area contributed by atoms with Crippen LogP contribution in [-0.2, 0) is 4.79 Å². The molecular formula is C18H25FN4O. The number of guanidine groups is 1. The maximum atomic E-state index is 13.1. The molecule has 0 spiro atoms. The number of nitrogens with zero attached hydrogens (tertiary/aromatic N) is 1. The first kappa shape index (κ1) is 18.0. The number of amides is 1. The van der Waals surface area contributed by atoms with E-state index in [1.165, 1.54) is 43.4 Å². The Labute approximate surface area is 142 Å². The van der Waals surface area contributed by atoms with Gasteiger partial charge in [-0.05, 0) is 50.3 Å². The standard InChI is InChI=1S/C18H25FN4O/c1-20-18(21-11-10-14-6-3-2-4-7-14)22-13-17(24)23-16-9-5-8-15(19)12-16/h5-6,8-9,12H,2-4,7,10-11,13H2,1H3,(H,23,24)(H2,20,21,22). The van der Waals surface area contributed by atoms with Gasteiger partial charge in [0.25, 0.3) is 0 Å². The molecule has 0 aromatic heterocycles. The molecule has 2 rings (SSSR count). The maximum Gasteiger partial charge on any atom is 0.243 e. The Morgan fingerprint density at radius 2 is 2.17 bits per heavy atom. The summed E-state index contributed by atoms with van der Waals surface area (Å²) in [7, 11) is 1.67. The molecule has 1 aromatic rings. The van der Waals surface area contributed by atoms with Crippen LogP contribution >= 0.6 is 0 Å². The predicted octanol–water partition coefficient (Wildman–Crippen LogP) is 2.82. The molecular weight excluding hydrogens is 307 g/mol. The third-order valence-electron chi connectivity index (χ3n) is 3.87. The molecule has 1 aliphatic rings. The average molecular weight is 332 g/mol. The van der Waals surface area contributed by atoms with Crippen molar-refractivity contribution in [3.8, 4) is 0 Å². The highest BCUT2D eigenvalue weighted by Gasteiger charge is 2.06. The molecule has 0 heterocycles. The average Bonchev–Trinajstić information content (AvgIpc) is 2.59. The van der Waals surface area contributed by atoms with Gasteiger partial charge >= 0.3 is 0 Å². The van der Waals surface area contributed by atoms with Crippen LogP contribution in [0.15, 0.2) is 40.9 Å². The molecule has 0 fully saturated rings. The molecule has 130 valence electrons. The van der Waals surface area contributed by atoms with E-state index in [0.717, 1.165) is 13.0 Å². The van der Waals surface area contributed by atoms with Gasteiger partial charge in [0.2, 0.25) is 5.91 Å². The lowest BCUT2D eigenvalue weighted by molar-refractivity contribution is -0.115. The highest BCUT2D eigenvalue weighted by Crippen LogP contribution is 2.19. The summed E-state index contributed by atoms with van der Waals surface area (Å²) in [6.45, 7) is 0.857. The van der Waals surface area contributed by atoms with Crippen LogP contribution in [0.25, 0.3) is 0 Å². The van der Waals surface area contributed by atoms with E-state index in [9.17, 15) is 9.18 Å². The molecule has 0 saturated heterocycles. The fourth-order valence-electron chi connectivity index (χ4n) is 2.63. The molecule has 0 aliphatic heterocycles. The lowest BCUT2D eigenvalue weighted by Crippen LogP contribution is -2.41. The highest BCUT2D eigenvalue weighted by molar-refractivity contribution is 5.94. The van der Waals surface area contributed by atoms with Crippen molar-refractivity contribution in [2.24, 2.45) is 4.99 Å². The Balaban J connectivity index is 1.68. The Morgan fingerprint density at radius 1 is 1.29 bits per heavy atom. The van der Waals surface area contributed by atoms with Crippen LogP contribution in [0.1, 0.15) is 32.1 Å². The van der Waals surface area contributed by atoms with Gasteiger partial charge in [0.15, 0.2) is 5.96 Å². The summed E-state index contributed by atoms with van der Waals surface area (Å²) in [6.07, 6.45) is 8.26. The zero-order valence-electron chi connectivity index (χ0n) is 14.1. The minimum atomic E-state index is -0.379. The van der Waals surface area contributed by atoms with Crippen molar-refractivity contribution in [1.82, 2.24) is 10.6 Å². The molecule has 6 heteroatoms. The number of allylic oxidation sites excluding steroid dienone is 1. The van der Waals surface area contributed by atoms with E-state index >= 15 is 0 Å². The summed E-state index contributed by atoms with van der Waals surface area (Å²) in [5.74, 6) is -0.0467. The quantitative estimate of drug-likeness (QED) is 0.426. The molecule has 24 heavy (non-hydrogen) atoms. The van der Waals surface area contributed by atoms with Gasteiger partial charge in [-0.2, -0.15) is 0 Å². The monoisotopic (exact) mass is 332 g/mol. The van der Waals surface area contributed by atoms with Gasteiger partial charge in [0.05, 0.1) is 6.54 Å². The molecule has 0 saturated carbocycles. The van der Waals surface area contributed by atoms with Gasteiger partial charge in [-0.25, -0.2) is 4.39 Å². The van der Waals surface area contributed by atoms with Gasteiger partial charge in [-0.1, -0.05) is 17.7 Å². The van der Waals surface area contributed by atoms with E-state index in [1.807, 2.05) is 0 Å². The minimum Gasteiger partial charge on any atom is -0.356 e.